The molecule has 0 aromatic rings. The summed E-state index contributed by atoms with van der Waals surface area (Å²) >= 11 is 0. The van der Waals surface area contributed by atoms with E-state index < -0.39 is 10.4 Å². The molecule has 0 aliphatic rings. The topological polar surface area (TPSA) is 276 Å². The van der Waals surface area contributed by atoms with Gasteiger partial charge < -0.3 is 36.9 Å². The van der Waals surface area contributed by atoms with E-state index in [9.17, 15) is 0 Å². The van der Waals surface area contributed by atoms with Crippen LogP contribution in [-0.4, -0.2) is 17.5 Å². The smallest absolute Gasteiger partial charge is 0.394 e. The van der Waals surface area contributed by atoms with Crippen LogP contribution >= 0.6 is 0 Å². The molecule has 0 unspecified atom stereocenters. The second-order valence-corrected chi connectivity index (χ2v) is 1.34. The van der Waals surface area contributed by atoms with Crippen LogP contribution < -0.4 is 0 Å². The summed E-state index contributed by atoms with van der Waals surface area (Å²) < 4.78 is 31.6. The second kappa shape index (κ2) is 30.4. The van der Waals surface area contributed by atoms with E-state index in [2.05, 4.69) is 0 Å². The molecule has 14 N–H and O–H groups in total. The molecule has 0 saturated carbocycles. The van der Waals surface area contributed by atoms with Crippen molar-refractivity contribution in [3.63, 3.8) is 0 Å². The number of hydrogen-bond acceptors (Lipinski definition) is 2. The van der Waals surface area contributed by atoms with Gasteiger partial charge in [-0.15, -0.1) is 0 Å². The average molecular weight is 253 g/mol. The quantitative estimate of drug-likeness (QED) is 0.610. The fourth-order valence-electron chi connectivity index (χ4n) is 0. The minimum atomic E-state index is -4.67. The molecule has 0 spiro atoms. The molecule has 0 rings (SSSR count). The van der Waals surface area contributed by atoms with Crippen molar-refractivity contribution in [2.75, 3.05) is 0 Å². The third-order valence-corrected chi connectivity index (χ3v) is 0. The third kappa shape index (κ3) is 45400. The maximum atomic E-state index is 8.74. The summed E-state index contributed by atoms with van der Waals surface area (Å²) in [5, 5.41) is 0. The number of rotatable bonds is 0. The first-order valence-corrected chi connectivity index (χ1v) is 2.10. The molecule has 0 aromatic heterocycles. The van der Waals surface area contributed by atoms with Crippen LogP contribution in [0, 0.1) is 0 Å². The summed E-state index contributed by atoms with van der Waals surface area (Å²) in [4.78, 5) is 0. The largest absolute Gasteiger partial charge is 0.693 e. The molecule has 0 atom stereocenters. The van der Waals surface area contributed by atoms with Crippen molar-refractivity contribution in [1.82, 2.24) is 0 Å². The third-order valence-electron chi connectivity index (χ3n) is 0. The molecule has 1 radical (unpaired) electrons. The summed E-state index contributed by atoms with van der Waals surface area (Å²) in [6.07, 6.45) is 0. The molecule has 0 heterocycles. The van der Waals surface area contributed by atoms with Crippen molar-refractivity contribution in [3.8, 4) is 0 Å². The zero-order valence-electron chi connectivity index (χ0n) is 5.92. The molecule has 0 fully saturated rings. The van der Waals surface area contributed by atoms with Crippen LogP contribution in [0.2, 0.25) is 0 Å². The Bertz CT molecular complexity index is 103. The predicted octanol–water partition coefficient (Wildman–Crippen LogP) is 3.65. The molecule has 0 saturated heterocycles. The van der Waals surface area contributed by atoms with Gasteiger partial charge in [-0.3, -0.25) is 9.11 Å². The van der Waals surface area contributed by atoms with Gasteiger partial charge in [-0.2, -0.15) is 8.42 Å². The molecule has 89 valence electrons. The Kier molecular flexibility index (Phi) is 223. The van der Waals surface area contributed by atoms with Crippen molar-refractivity contribution in [2.24, 2.45) is 0 Å². The van der Waals surface area contributed by atoms with E-state index in [4.69, 9.17) is 17.5 Å². The van der Waals surface area contributed by atoms with Gasteiger partial charge in [-0.25, -0.2) is 0 Å². The second-order valence-electron chi connectivity index (χ2n) is 0.448. The minimum Gasteiger partial charge on any atom is -0.693 e. The average Bonchev–Trinajstić information content (AvgIpc) is 0.722. The SMILES string of the molecule is O=S(=O)(O)O.[Co].[NH2-].[NH2-].[NH2-].[NH2-].[NH2-].[NH2-]. The Hall–Kier alpha value is 0.136. The van der Waals surface area contributed by atoms with Crippen molar-refractivity contribution < 1.29 is 34.3 Å². The predicted molar refractivity (Wildman–Crippen MR) is 45.9 cm³/mol. The Labute approximate surface area is 82.1 Å². The molecular weight excluding hydrogens is 239 g/mol. The maximum Gasteiger partial charge on any atom is 0.394 e. The van der Waals surface area contributed by atoms with Gasteiger partial charge >= 0.3 is 10.4 Å². The first-order valence-electron chi connectivity index (χ1n) is 0.698. The van der Waals surface area contributed by atoms with E-state index in [-0.39, 0.29) is 53.7 Å². The van der Waals surface area contributed by atoms with Gasteiger partial charge in [0.05, 0.1) is 0 Å². The monoisotopic (exact) mass is 253 g/mol. The van der Waals surface area contributed by atoms with Crippen LogP contribution in [0.1, 0.15) is 0 Å². The van der Waals surface area contributed by atoms with Crippen LogP contribution in [-0.2, 0) is 27.2 Å². The first-order chi connectivity index (χ1) is 2.00. The van der Waals surface area contributed by atoms with Gasteiger partial charge in [0.2, 0.25) is 0 Å². The van der Waals surface area contributed by atoms with E-state index in [0.29, 0.717) is 0 Å². The van der Waals surface area contributed by atoms with Gasteiger partial charge in [0, 0.05) is 16.8 Å². The summed E-state index contributed by atoms with van der Waals surface area (Å²) in [6, 6.07) is 0. The van der Waals surface area contributed by atoms with E-state index in [0.717, 1.165) is 0 Å². The fourth-order valence-corrected chi connectivity index (χ4v) is 0. The van der Waals surface area contributed by atoms with E-state index >= 15 is 0 Å². The Balaban J connectivity index is -0.00000000381. The Morgan fingerprint density at radius 2 is 0.667 bits per heavy atom. The van der Waals surface area contributed by atoms with E-state index in [1.54, 1.807) is 0 Å². The van der Waals surface area contributed by atoms with Crippen molar-refractivity contribution in [1.29, 1.82) is 0 Å². The first kappa shape index (κ1) is 88.0. The molecule has 12 heavy (non-hydrogen) atoms. The minimum absolute atomic E-state index is 0. The molecule has 12 heteroatoms. The number of nitrogens with two attached hydrogens (primary N) is 6. The molecule has 0 bridgehead atoms. The summed E-state index contributed by atoms with van der Waals surface area (Å²) in [5.74, 6) is 0. The zero-order chi connectivity index (χ0) is 4.50. The van der Waals surface area contributed by atoms with Crippen LogP contribution in [0.3, 0.4) is 0 Å². The Morgan fingerprint density at radius 3 is 0.667 bits per heavy atom. The van der Waals surface area contributed by atoms with Crippen molar-refractivity contribution >= 4 is 10.4 Å². The summed E-state index contributed by atoms with van der Waals surface area (Å²) in [7, 11) is -4.67. The van der Waals surface area contributed by atoms with E-state index in [1.165, 1.54) is 0 Å². The van der Waals surface area contributed by atoms with Gasteiger partial charge in [-0.1, -0.05) is 0 Å². The number of hydrogen-bond donors (Lipinski definition) is 2. The summed E-state index contributed by atoms with van der Waals surface area (Å²) in [6.45, 7) is 0. The van der Waals surface area contributed by atoms with E-state index in [1.807, 2.05) is 0 Å². The molecule has 0 aliphatic heterocycles. The van der Waals surface area contributed by atoms with Gasteiger partial charge in [0.15, 0.2) is 0 Å². The standard InChI is InChI=1S/Co.6H2N.H2O4S/c;;;;;;;1-5(2,3)4/h;6*1H2;(H2,1,2,3,4)/q;6*-1;. The van der Waals surface area contributed by atoms with Crippen molar-refractivity contribution in [2.45, 2.75) is 0 Å². The Morgan fingerprint density at radius 1 is 0.667 bits per heavy atom. The fraction of sp³-hybridized carbons (Fsp3) is 0. The normalized spacial score (nSPS) is 4.83. The molecule has 0 aromatic carbocycles. The molecule has 0 aliphatic carbocycles. The van der Waals surface area contributed by atoms with Gasteiger partial charge in [0.25, 0.3) is 0 Å². The zero-order valence-corrected chi connectivity index (χ0v) is 7.77. The molecule has 10 nitrogen and oxygen atoms in total. The van der Waals surface area contributed by atoms with Gasteiger partial charge in [0.1, 0.15) is 0 Å². The van der Waals surface area contributed by atoms with Crippen molar-refractivity contribution in [3.05, 3.63) is 36.9 Å². The van der Waals surface area contributed by atoms with Crippen LogP contribution in [0.15, 0.2) is 0 Å². The van der Waals surface area contributed by atoms with Crippen LogP contribution in [0.5, 0.6) is 0 Å². The maximum absolute atomic E-state index is 8.74. The van der Waals surface area contributed by atoms with Crippen LogP contribution in [0.4, 0.5) is 0 Å². The summed E-state index contributed by atoms with van der Waals surface area (Å²) in [5.41, 5.74) is 0. The van der Waals surface area contributed by atoms with Crippen LogP contribution in [0.25, 0.3) is 36.9 Å². The van der Waals surface area contributed by atoms with Gasteiger partial charge in [-0.05, 0) is 0 Å². The molecule has 0 amide bonds. The molecular formula is H14CoN6O4S-6.